The molecule has 88 valence electrons. The highest BCUT2D eigenvalue weighted by Gasteiger charge is 2.07. The highest BCUT2D eigenvalue weighted by Crippen LogP contribution is 2.28. The number of nitrogens with zero attached hydrogens (tertiary/aromatic N) is 1. The summed E-state index contributed by atoms with van der Waals surface area (Å²) in [5, 5.41) is 0.874. The minimum absolute atomic E-state index is 0.874. The largest absolute Gasteiger partial charge is 0.344 e. The molecule has 0 saturated heterocycles. The van der Waals surface area contributed by atoms with Crippen molar-refractivity contribution in [3.05, 3.63) is 59.7 Å². The predicted octanol–water partition coefficient (Wildman–Crippen LogP) is 4.66. The molecule has 0 heterocycles. The zero-order valence-corrected chi connectivity index (χ0v) is 11.7. The SMILES string of the molecule is Cc1cccc(N(C)c2ccccc2CBr)c1. The van der Waals surface area contributed by atoms with E-state index in [-0.39, 0.29) is 0 Å². The van der Waals surface area contributed by atoms with E-state index in [4.69, 9.17) is 0 Å². The summed E-state index contributed by atoms with van der Waals surface area (Å²) in [7, 11) is 2.11. The van der Waals surface area contributed by atoms with E-state index in [0.29, 0.717) is 0 Å². The lowest BCUT2D eigenvalue weighted by Crippen LogP contribution is -2.11. The lowest BCUT2D eigenvalue weighted by atomic mass is 10.1. The van der Waals surface area contributed by atoms with Crippen molar-refractivity contribution in [2.45, 2.75) is 12.3 Å². The first-order valence-electron chi connectivity index (χ1n) is 5.66. The van der Waals surface area contributed by atoms with Crippen LogP contribution in [0, 0.1) is 6.92 Å². The zero-order valence-electron chi connectivity index (χ0n) is 10.2. The molecule has 0 radical (unpaired) electrons. The molecule has 0 saturated carbocycles. The summed E-state index contributed by atoms with van der Waals surface area (Å²) in [6.07, 6.45) is 0. The van der Waals surface area contributed by atoms with Gasteiger partial charge >= 0.3 is 0 Å². The van der Waals surface area contributed by atoms with Crippen LogP contribution in [0.25, 0.3) is 0 Å². The fourth-order valence-corrected chi connectivity index (χ4v) is 2.40. The Kier molecular flexibility index (Phi) is 3.85. The maximum atomic E-state index is 3.54. The number of hydrogen-bond donors (Lipinski definition) is 0. The third-order valence-electron chi connectivity index (χ3n) is 2.89. The van der Waals surface area contributed by atoms with Gasteiger partial charge in [0.25, 0.3) is 0 Å². The summed E-state index contributed by atoms with van der Waals surface area (Å²) in [6.45, 7) is 2.12. The number of alkyl halides is 1. The number of benzene rings is 2. The summed E-state index contributed by atoms with van der Waals surface area (Å²) in [5.74, 6) is 0. The van der Waals surface area contributed by atoms with Gasteiger partial charge in [-0.3, -0.25) is 0 Å². The maximum absolute atomic E-state index is 3.54. The van der Waals surface area contributed by atoms with Crippen LogP contribution in [0.4, 0.5) is 11.4 Å². The molecule has 0 aromatic heterocycles. The van der Waals surface area contributed by atoms with Gasteiger partial charge in [-0.15, -0.1) is 0 Å². The molecular formula is C15H16BrN. The standard InChI is InChI=1S/C15H16BrN/c1-12-6-5-8-14(10-12)17(2)15-9-4-3-7-13(15)11-16/h3-10H,11H2,1-2H3. The van der Waals surface area contributed by atoms with Gasteiger partial charge in [-0.05, 0) is 36.2 Å². The van der Waals surface area contributed by atoms with Crippen LogP contribution in [0.5, 0.6) is 0 Å². The third kappa shape index (κ3) is 2.70. The van der Waals surface area contributed by atoms with Crippen molar-refractivity contribution < 1.29 is 0 Å². The Morgan fingerprint density at radius 3 is 2.53 bits per heavy atom. The summed E-state index contributed by atoms with van der Waals surface area (Å²) >= 11 is 3.54. The van der Waals surface area contributed by atoms with Crippen molar-refractivity contribution in [1.29, 1.82) is 0 Å². The smallest absolute Gasteiger partial charge is 0.0449 e. The van der Waals surface area contributed by atoms with Gasteiger partial charge in [0.05, 0.1) is 0 Å². The Bertz CT molecular complexity index is 508. The highest BCUT2D eigenvalue weighted by molar-refractivity contribution is 9.08. The van der Waals surface area contributed by atoms with E-state index in [1.165, 1.54) is 22.5 Å². The van der Waals surface area contributed by atoms with Gasteiger partial charge in [0, 0.05) is 23.8 Å². The lowest BCUT2D eigenvalue weighted by Gasteiger charge is -2.22. The van der Waals surface area contributed by atoms with Gasteiger partial charge in [-0.25, -0.2) is 0 Å². The first-order chi connectivity index (χ1) is 8.22. The zero-order chi connectivity index (χ0) is 12.3. The lowest BCUT2D eigenvalue weighted by molar-refractivity contribution is 1.17. The van der Waals surface area contributed by atoms with Crippen LogP contribution in [-0.2, 0) is 5.33 Å². The molecule has 17 heavy (non-hydrogen) atoms. The summed E-state index contributed by atoms with van der Waals surface area (Å²) in [5.41, 5.74) is 5.05. The van der Waals surface area contributed by atoms with E-state index < -0.39 is 0 Å². The van der Waals surface area contributed by atoms with Crippen LogP contribution < -0.4 is 4.90 Å². The minimum Gasteiger partial charge on any atom is -0.344 e. The topological polar surface area (TPSA) is 3.24 Å². The molecule has 0 atom stereocenters. The molecule has 0 bridgehead atoms. The molecule has 0 aliphatic heterocycles. The van der Waals surface area contributed by atoms with Crippen LogP contribution in [-0.4, -0.2) is 7.05 Å². The van der Waals surface area contributed by atoms with Crippen LogP contribution in [0.2, 0.25) is 0 Å². The quantitative estimate of drug-likeness (QED) is 0.743. The normalized spacial score (nSPS) is 10.3. The minimum atomic E-state index is 0.874. The van der Waals surface area contributed by atoms with Crippen molar-refractivity contribution in [3.8, 4) is 0 Å². The molecule has 0 aliphatic rings. The number of halogens is 1. The molecule has 2 rings (SSSR count). The average molecular weight is 290 g/mol. The summed E-state index contributed by atoms with van der Waals surface area (Å²) in [6, 6.07) is 17.0. The van der Waals surface area contributed by atoms with Crippen LogP contribution in [0.3, 0.4) is 0 Å². The van der Waals surface area contributed by atoms with E-state index >= 15 is 0 Å². The van der Waals surface area contributed by atoms with Gasteiger partial charge in [-0.2, -0.15) is 0 Å². The Morgan fingerprint density at radius 1 is 1.06 bits per heavy atom. The van der Waals surface area contributed by atoms with Crippen molar-refractivity contribution in [1.82, 2.24) is 0 Å². The highest BCUT2D eigenvalue weighted by atomic mass is 79.9. The van der Waals surface area contributed by atoms with Gasteiger partial charge in [0.1, 0.15) is 0 Å². The molecule has 0 aliphatic carbocycles. The predicted molar refractivity (Wildman–Crippen MR) is 78.3 cm³/mol. The number of anilines is 2. The van der Waals surface area contributed by atoms with Crippen LogP contribution in [0.15, 0.2) is 48.5 Å². The van der Waals surface area contributed by atoms with Gasteiger partial charge in [0.15, 0.2) is 0 Å². The number of para-hydroxylation sites is 1. The van der Waals surface area contributed by atoms with Crippen molar-refractivity contribution in [2.24, 2.45) is 0 Å². The fourth-order valence-electron chi connectivity index (χ4n) is 1.93. The molecule has 0 fully saturated rings. The summed E-state index contributed by atoms with van der Waals surface area (Å²) < 4.78 is 0. The summed E-state index contributed by atoms with van der Waals surface area (Å²) in [4.78, 5) is 2.23. The fraction of sp³-hybridized carbons (Fsp3) is 0.200. The first-order valence-corrected chi connectivity index (χ1v) is 6.79. The molecule has 0 N–H and O–H groups in total. The van der Waals surface area contributed by atoms with E-state index in [1.54, 1.807) is 0 Å². The second-order valence-electron chi connectivity index (χ2n) is 4.16. The second-order valence-corrected chi connectivity index (χ2v) is 4.72. The molecule has 2 aromatic rings. The van der Waals surface area contributed by atoms with E-state index in [9.17, 15) is 0 Å². The van der Waals surface area contributed by atoms with Gasteiger partial charge < -0.3 is 4.90 Å². The third-order valence-corrected chi connectivity index (χ3v) is 3.49. The van der Waals surface area contributed by atoms with Crippen LogP contribution >= 0.6 is 15.9 Å². The van der Waals surface area contributed by atoms with Gasteiger partial charge in [-0.1, -0.05) is 46.3 Å². The van der Waals surface area contributed by atoms with Crippen molar-refractivity contribution >= 4 is 27.3 Å². The number of hydrogen-bond acceptors (Lipinski definition) is 1. The van der Waals surface area contributed by atoms with Crippen molar-refractivity contribution in [2.75, 3.05) is 11.9 Å². The van der Waals surface area contributed by atoms with Crippen molar-refractivity contribution in [3.63, 3.8) is 0 Å². The van der Waals surface area contributed by atoms with Crippen LogP contribution in [0.1, 0.15) is 11.1 Å². The second kappa shape index (κ2) is 5.37. The van der Waals surface area contributed by atoms with E-state index in [2.05, 4.69) is 83.3 Å². The molecular weight excluding hydrogens is 274 g/mol. The number of rotatable bonds is 3. The molecule has 2 heteroatoms. The van der Waals surface area contributed by atoms with E-state index in [0.717, 1.165) is 5.33 Å². The Labute approximate surface area is 111 Å². The average Bonchev–Trinajstić information content (AvgIpc) is 2.38. The Balaban J connectivity index is 2.40. The maximum Gasteiger partial charge on any atom is 0.0449 e. The number of aryl methyl sites for hydroxylation is 1. The molecule has 0 unspecified atom stereocenters. The first kappa shape index (κ1) is 12.2. The molecule has 0 spiro atoms. The Hall–Kier alpha value is -1.28. The van der Waals surface area contributed by atoms with E-state index in [1.807, 2.05) is 0 Å². The molecule has 1 nitrogen and oxygen atoms in total. The molecule has 2 aromatic carbocycles. The van der Waals surface area contributed by atoms with Gasteiger partial charge in [0.2, 0.25) is 0 Å². The monoisotopic (exact) mass is 289 g/mol. The Morgan fingerprint density at radius 2 is 1.82 bits per heavy atom. The molecule has 0 amide bonds.